The third-order valence-electron chi connectivity index (χ3n) is 4.85. The van der Waals surface area contributed by atoms with Gasteiger partial charge < -0.3 is 15.5 Å². The van der Waals surface area contributed by atoms with Gasteiger partial charge in [0.1, 0.15) is 0 Å². The number of piperidine rings is 1. The van der Waals surface area contributed by atoms with Crippen LogP contribution in [0, 0.1) is 5.92 Å². The summed E-state index contributed by atoms with van der Waals surface area (Å²) in [6.07, 6.45) is 5.25. The highest BCUT2D eigenvalue weighted by Crippen LogP contribution is 2.17. The summed E-state index contributed by atoms with van der Waals surface area (Å²) in [7, 11) is 1.85. The van der Waals surface area contributed by atoms with Crippen molar-refractivity contribution in [3.05, 3.63) is 22.4 Å². The van der Waals surface area contributed by atoms with Gasteiger partial charge in [0.2, 0.25) is 0 Å². The van der Waals surface area contributed by atoms with Gasteiger partial charge in [-0.2, -0.15) is 11.3 Å². The van der Waals surface area contributed by atoms with Gasteiger partial charge in [-0.3, -0.25) is 4.99 Å². The second-order valence-corrected chi connectivity index (χ2v) is 7.87. The molecule has 1 saturated heterocycles. The lowest BCUT2D eigenvalue weighted by molar-refractivity contribution is 0.181. The molecule has 6 heteroatoms. The highest BCUT2D eigenvalue weighted by molar-refractivity contribution is 14.0. The Labute approximate surface area is 174 Å². The number of likely N-dealkylation sites (tertiary alicyclic amines) is 1. The summed E-state index contributed by atoms with van der Waals surface area (Å²) in [6, 6.07) is 2.20. The van der Waals surface area contributed by atoms with Crippen LogP contribution in [-0.4, -0.2) is 50.6 Å². The van der Waals surface area contributed by atoms with Gasteiger partial charge in [-0.1, -0.05) is 13.8 Å². The number of thiophene rings is 1. The quantitative estimate of drug-likeness (QED) is 0.255. The van der Waals surface area contributed by atoms with Crippen LogP contribution in [-0.2, 0) is 0 Å². The molecule has 0 saturated carbocycles. The van der Waals surface area contributed by atoms with Crippen molar-refractivity contribution in [1.82, 2.24) is 15.5 Å². The molecule has 0 amide bonds. The van der Waals surface area contributed by atoms with E-state index in [9.17, 15) is 0 Å². The highest BCUT2D eigenvalue weighted by Gasteiger charge is 2.15. The Morgan fingerprint density at radius 3 is 2.92 bits per heavy atom. The van der Waals surface area contributed by atoms with E-state index in [4.69, 9.17) is 0 Å². The summed E-state index contributed by atoms with van der Waals surface area (Å²) in [5.74, 6) is 2.31. The van der Waals surface area contributed by atoms with Gasteiger partial charge in [0.05, 0.1) is 0 Å². The molecule has 0 bridgehead atoms. The molecule has 1 fully saturated rings. The smallest absolute Gasteiger partial charge is 0.190 e. The molecule has 1 aliphatic heterocycles. The van der Waals surface area contributed by atoms with E-state index in [0.717, 1.165) is 25.0 Å². The third kappa shape index (κ3) is 8.73. The van der Waals surface area contributed by atoms with E-state index in [1.165, 1.54) is 50.9 Å². The van der Waals surface area contributed by atoms with Crippen LogP contribution in [0.4, 0.5) is 0 Å². The first-order valence-corrected chi connectivity index (χ1v) is 10.3. The monoisotopic (exact) mass is 478 g/mol. The minimum absolute atomic E-state index is 0. The van der Waals surface area contributed by atoms with Gasteiger partial charge in [-0.05, 0) is 73.0 Å². The van der Waals surface area contributed by atoms with Crippen molar-refractivity contribution in [3.8, 4) is 0 Å². The Bertz CT molecular complexity index is 478. The van der Waals surface area contributed by atoms with Gasteiger partial charge in [0, 0.05) is 26.7 Å². The summed E-state index contributed by atoms with van der Waals surface area (Å²) in [5, 5.41) is 11.2. The fraction of sp³-hybridized carbons (Fsp3) is 0.737. The minimum atomic E-state index is 0. The van der Waals surface area contributed by atoms with Crippen LogP contribution in [0.5, 0.6) is 0 Å². The third-order valence-corrected chi connectivity index (χ3v) is 5.55. The van der Waals surface area contributed by atoms with E-state index in [1.807, 2.05) is 7.05 Å². The average Bonchev–Trinajstić information content (AvgIpc) is 3.12. The molecule has 0 aliphatic carbocycles. The molecule has 4 nitrogen and oxygen atoms in total. The summed E-state index contributed by atoms with van der Waals surface area (Å²) in [6.45, 7) is 10.4. The highest BCUT2D eigenvalue weighted by atomic mass is 127. The topological polar surface area (TPSA) is 39.7 Å². The zero-order valence-electron chi connectivity index (χ0n) is 16.0. The van der Waals surface area contributed by atoms with Crippen molar-refractivity contribution < 1.29 is 0 Å². The van der Waals surface area contributed by atoms with E-state index in [0.29, 0.717) is 5.92 Å². The summed E-state index contributed by atoms with van der Waals surface area (Å²) in [4.78, 5) is 6.95. The second-order valence-electron chi connectivity index (χ2n) is 7.09. The molecule has 25 heavy (non-hydrogen) atoms. The summed E-state index contributed by atoms with van der Waals surface area (Å²) < 4.78 is 0. The van der Waals surface area contributed by atoms with Crippen LogP contribution in [0.15, 0.2) is 21.8 Å². The predicted octanol–water partition coefficient (Wildman–Crippen LogP) is 4.15. The summed E-state index contributed by atoms with van der Waals surface area (Å²) in [5.41, 5.74) is 1.40. The van der Waals surface area contributed by atoms with Crippen LogP contribution in [0.25, 0.3) is 0 Å². The first-order valence-electron chi connectivity index (χ1n) is 9.38. The number of nitrogens with zero attached hydrogens (tertiary/aromatic N) is 2. The van der Waals surface area contributed by atoms with Gasteiger partial charge in [-0.25, -0.2) is 0 Å². The zero-order valence-corrected chi connectivity index (χ0v) is 19.1. The SMILES string of the molecule is CN=C(NCCCCN1CCCC(C)C1)NCC(C)c1ccsc1.I. The van der Waals surface area contributed by atoms with Gasteiger partial charge in [-0.15, -0.1) is 24.0 Å². The van der Waals surface area contributed by atoms with E-state index in [2.05, 4.69) is 51.2 Å². The molecule has 0 aromatic carbocycles. The number of hydrogen-bond acceptors (Lipinski definition) is 3. The Hall–Kier alpha value is -0.340. The van der Waals surface area contributed by atoms with E-state index in [1.54, 1.807) is 11.3 Å². The Morgan fingerprint density at radius 1 is 1.40 bits per heavy atom. The maximum atomic E-state index is 4.33. The molecule has 1 aromatic heterocycles. The van der Waals surface area contributed by atoms with Crippen molar-refractivity contribution in [2.24, 2.45) is 10.9 Å². The Kier molecular flexibility index (Phi) is 11.7. The molecule has 0 radical (unpaired) electrons. The van der Waals surface area contributed by atoms with Crippen LogP contribution in [0.2, 0.25) is 0 Å². The van der Waals surface area contributed by atoms with E-state index in [-0.39, 0.29) is 24.0 Å². The normalized spacial score (nSPS) is 20.0. The van der Waals surface area contributed by atoms with E-state index < -0.39 is 0 Å². The number of unbranched alkanes of at least 4 members (excludes halogenated alkanes) is 1. The number of nitrogens with one attached hydrogen (secondary N) is 2. The number of guanidine groups is 1. The molecule has 2 rings (SSSR count). The first-order chi connectivity index (χ1) is 11.7. The molecule has 2 N–H and O–H groups in total. The molecule has 2 unspecified atom stereocenters. The standard InChI is InChI=1S/C19H34N4S.HI/c1-16-7-6-11-23(14-16)10-5-4-9-21-19(20-3)22-13-17(2)18-8-12-24-15-18;/h8,12,15-17H,4-7,9-11,13-14H2,1-3H3,(H2,20,21,22);1H. The molecular formula is C19H35IN4S. The Balaban J connectivity index is 0.00000312. The lowest BCUT2D eigenvalue weighted by Gasteiger charge is -2.30. The van der Waals surface area contributed by atoms with Gasteiger partial charge in [0.15, 0.2) is 5.96 Å². The summed E-state index contributed by atoms with van der Waals surface area (Å²) >= 11 is 1.76. The first kappa shape index (κ1) is 22.7. The molecule has 2 heterocycles. The fourth-order valence-corrected chi connectivity index (χ4v) is 4.08. The predicted molar refractivity (Wildman–Crippen MR) is 122 cm³/mol. The van der Waals surface area contributed by atoms with Crippen LogP contribution in [0.1, 0.15) is 51.0 Å². The van der Waals surface area contributed by atoms with Gasteiger partial charge >= 0.3 is 0 Å². The van der Waals surface area contributed by atoms with Crippen molar-refractivity contribution in [3.63, 3.8) is 0 Å². The number of aliphatic imine (C=N–C) groups is 1. The van der Waals surface area contributed by atoms with E-state index >= 15 is 0 Å². The lowest BCUT2D eigenvalue weighted by Crippen LogP contribution is -2.39. The Morgan fingerprint density at radius 2 is 2.24 bits per heavy atom. The number of halogens is 1. The molecule has 1 aliphatic rings. The lowest BCUT2D eigenvalue weighted by atomic mass is 10.0. The maximum absolute atomic E-state index is 4.33. The maximum Gasteiger partial charge on any atom is 0.190 e. The van der Waals surface area contributed by atoms with Crippen LogP contribution >= 0.6 is 35.3 Å². The number of hydrogen-bond donors (Lipinski definition) is 2. The molecule has 2 atom stereocenters. The molecular weight excluding hydrogens is 443 g/mol. The number of rotatable bonds is 8. The van der Waals surface area contributed by atoms with Crippen molar-refractivity contribution in [2.45, 2.75) is 45.4 Å². The largest absolute Gasteiger partial charge is 0.356 e. The molecule has 1 aromatic rings. The van der Waals surface area contributed by atoms with Crippen molar-refractivity contribution >= 4 is 41.3 Å². The fourth-order valence-electron chi connectivity index (χ4n) is 3.30. The van der Waals surface area contributed by atoms with Crippen LogP contribution in [0.3, 0.4) is 0 Å². The molecule has 0 spiro atoms. The van der Waals surface area contributed by atoms with Crippen LogP contribution < -0.4 is 10.6 Å². The zero-order chi connectivity index (χ0) is 17.2. The second kappa shape index (κ2) is 12.9. The molecule has 144 valence electrons. The average molecular weight is 478 g/mol. The van der Waals surface area contributed by atoms with Crippen molar-refractivity contribution in [2.75, 3.05) is 39.8 Å². The van der Waals surface area contributed by atoms with Gasteiger partial charge in [0.25, 0.3) is 0 Å². The minimum Gasteiger partial charge on any atom is -0.356 e. The van der Waals surface area contributed by atoms with Crippen molar-refractivity contribution in [1.29, 1.82) is 0 Å².